The third-order valence-electron chi connectivity index (χ3n) is 2.89. The first-order valence-electron chi connectivity index (χ1n) is 5.61. The minimum Gasteiger partial charge on any atom is -0.398 e. The van der Waals surface area contributed by atoms with Crippen molar-refractivity contribution in [3.05, 3.63) is 22.7 Å². The smallest absolute Gasteiger partial charge is 0.242 e. The summed E-state index contributed by atoms with van der Waals surface area (Å²) in [5.41, 5.74) is 5.82. The Hall–Kier alpha value is -0.590. The minimum absolute atomic E-state index is 0.113. The molecule has 0 amide bonds. The SMILES string of the molecule is CC(NS(=O)(=O)c1ccc(Br)cc1N)C(C)(C)C. The molecule has 0 heterocycles. The number of nitrogens with one attached hydrogen (secondary N) is 1. The molecule has 0 saturated carbocycles. The maximum Gasteiger partial charge on any atom is 0.242 e. The summed E-state index contributed by atoms with van der Waals surface area (Å²) in [4.78, 5) is 0.113. The molecule has 0 aliphatic heterocycles. The standard InChI is InChI=1S/C12H19BrN2O2S/c1-8(12(2,3)4)15-18(16,17)11-6-5-9(13)7-10(11)14/h5-8,15H,14H2,1-4H3. The third kappa shape index (κ3) is 3.70. The van der Waals surface area contributed by atoms with Crippen LogP contribution in [-0.4, -0.2) is 14.5 Å². The highest BCUT2D eigenvalue weighted by atomic mass is 79.9. The average molecular weight is 335 g/mol. The molecule has 4 nitrogen and oxygen atoms in total. The van der Waals surface area contributed by atoms with Crippen molar-refractivity contribution in [2.75, 3.05) is 5.73 Å². The Morgan fingerprint density at radius 3 is 2.33 bits per heavy atom. The second-order valence-corrected chi connectivity index (χ2v) is 7.99. The van der Waals surface area contributed by atoms with Gasteiger partial charge in [-0.1, -0.05) is 36.7 Å². The summed E-state index contributed by atoms with van der Waals surface area (Å²) in [5.74, 6) is 0. The number of anilines is 1. The minimum atomic E-state index is -3.59. The van der Waals surface area contributed by atoms with Crippen LogP contribution in [0.3, 0.4) is 0 Å². The Morgan fingerprint density at radius 1 is 1.33 bits per heavy atom. The lowest BCUT2D eigenvalue weighted by Gasteiger charge is -2.28. The van der Waals surface area contributed by atoms with Gasteiger partial charge in [-0.3, -0.25) is 0 Å². The van der Waals surface area contributed by atoms with Crippen molar-refractivity contribution in [1.29, 1.82) is 0 Å². The Bertz CT molecular complexity index is 535. The zero-order chi connectivity index (χ0) is 14.1. The molecule has 3 N–H and O–H groups in total. The van der Waals surface area contributed by atoms with Crippen molar-refractivity contribution in [1.82, 2.24) is 4.72 Å². The second kappa shape index (κ2) is 5.19. The van der Waals surface area contributed by atoms with E-state index in [1.807, 2.05) is 27.7 Å². The first-order chi connectivity index (χ1) is 8.04. The number of halogens is 1. The van der Waals surface area contributed by atoms with E-state index in [0.717, 1.165) is 4.47 Å². The van der Waals surface area contributed by atoms with Crippen molar-refractivity contribution in [3.63, 3.8) is 0 Å². The van der Waals surface area contributed by atoms with Crippen molar-refractivity contribution in [3.8, 4) is 0 Å². The molecule has 0 radical (unpaired) electrons. The van der Waals surface area contributed by atoms with Gasteiger partial charge in [-0.15, -0.1) is 0 Å². The summed E-state index contributed by atoms with van der Waals surface area (Å²) >= 11 is 3.25. The van der Waals surface area contributed by atoms with E-state index < -0.39 is 10.0 Å². The molecule has 0 aromatic heterocycles. The van der Waals surface area contributed by atoms with Gasteiger partial charge in [0.1, 0.15) is 4.90 Å². The normalized spacial score (nSPS) is 14.5. The van der Waals surface area contributed by atoms with Crippen LogP contribution >= 0.6 is 15.9 Å². The van der Waals surface area contributed by atoms with Gasteiger partial charge in [0.05, 0.1) is 5.69 Å². The second-order valence-electron chi connectivity index (χ2n) is 5.39. The summed E-state index contributed by atoms with van der Waals surface area (Å²) < 4.78 is 27.8. The van der Waals surface area contributed by atoms with Crippen molar-refractivity contribution in [2.45, 2.75) is 38.6 Å². The molecule has 0 spiro atoms. The average Bonchev–Trinajstić information content (AvgIpc) is 2.14. The van der Waals surface area contributed by atoms with E-state index >= 15 is 0 Å². The van der Waals surface area contributed by atoms with Gasteiger partial charge in [-0.2, -0.15) is 0 Å². The highest BCUT2D eigenvalue weighted by Gasteiger charge is 2.27. The van der Waals surface area contributed by atoms with Gasteiger partial charge in [-0.05, 0) is 30.5 Å². The number of rotatable bonds is 3. The topological polar surface area (TPSA) is 72.2 Å². The summed E-state index contributed by atoms with van der Waals surface area (Å²) in [5, 5.41) is 0. The van der Waals surface area contributed by atoms with Crippen LogP contribution in [0.2, 0.25) is 0 Å². The highest BCUT2D eigenvalue weighted by Crippen LogP contribution is 2.25. The van der Waals surface area contributed by atoms with Crippen LogP contribution in [0.25, 0.3) is 0 Å². The molecule has 1 unspecified atom stereocenters. The largest absolute Gasteiger partial charge is 0.398 e. The Morgan fingerprint density at radius 2 is 1.89 bits per heavy atom. The fourth-order valence-corrected chi connectivity index (χ4v) is 3.18. The van der Waals surface area contributed by atoms with Crippen LogP contribution in [0, 0.1) is 5.41 Å². The molecule has 18 heavy (non-hydrogen) atoms. The molecular weight excluding hydrogens is 316 g/mol. The fourth-order valence-electron chi connectivity index (χ4n) is 1.24. The molecule has 1 aromatic rings. The van der Waals surface area contributed by atoms with Gasteiger partial charge in [-0.25, -0.2) is 13.1 Å². The molecule has 102 valence electrons. The maximum atomic E-state index is 12.2. The molecule has 0 aliphatic carbocycles. The van der Waals surface area contributed by atoms with Crippen LogP contribution in [0.1, 0.15) is 27.7 Å². The molecule has 1 aromatic carbocycles. The van der Waals surface area contributed by atoms with E-state index in [9.17, 15) is 8.42 Å². The highest BCUT2D eigenvalue weighted by molar-refractivity contribution is 9.10. The molecule has 6 heteroatoms. The van der Waals surface area contributed by atoms with E-state index in [2.05, 4.69) is 20.7 Å². The third-order valence-corrected chi connectivity index (χ3v) is 5.00. The summed E-state index contributed by atoms with van der Waals surface area (Å²) in [6.07, 6.45) is 0. The predicted molar refractivity (Wildman–Crippen MR) is 77.8 cm³/mol. The zero-order valence-corrected chi connectivity index (χ0v) is 13.4. The summed E-state index contributed by atoms with van der Waals surface area (Å²) in [6, 6.07) is 4.55. The quantitative estimate of drug-likeness (QED) is 0.835. The van der Waals surface area contributed by atoms with E-state index in [1.165, 1.54) is 6.07 Å². The number of hydrogen-bond donors (Lipinski definition) is 2. The molecule has 1 atom stereocenters. The lowest BCUT2D eigenvalue weighted by atomic mass is 9.89. The zero-order valence-electron chi connectivity index (χ0n) is 11.0. The van der Waals surface area contributed by atoms with E-state index in [4.69, 9.17) is 5.73 Å². The molecular formula is C12H19BrN2O2S. The van der Waals surface area contributed by atoms with Gasteiger partial charge >= 0.3 is 0 Å². The number of nitrogen functional groups attached to an aromatic ring is 1. The van der Waals surface area contributed by atoms with Gasteiger partial charge in [0.2, 0.25) is 10.0 Å². The maximum absolute atomic E-state index is 12.2. The summed E-state index contributed by atoms with van der Waals surface area (Å²) in [6.45, 7) is 7.77. The number of sulfonamides is 1. The van der Waals surface area contributed by atoms with Crippen LogP contribution in [0.15, 0.2) is 27.6 Å². The van der Waals surface area contributed by atoms with Crippen LogP contribution in [0.5, 0.6) is 0 Å². The monoisotopic (exact) mass is 334 g/mol. The van der Waals surface area contributed by atoms with Gasteiger partial charge in [0.15, 0.2) is 0 Å². The Balaban J connectivity index is 3.08. The summed E-state index contributed by atoms with van der Waals surface area (Å²) in [7, 11) is -3.59. The Kier molecular flexibility index (Phi) is 4.46. The fraction of sp³-hybridized carbons (Fsp3) is 0.500. The number of hydrogen-bond acceptors (Lipinski definition) is 3. The van der Waals surface area contributed by atoms with Crippen LogP contribution < -0.4 is 10.5 Å². The molecule has 1 rings (SSSR count). The predicted octanol–water partition coefficient (Wildman–Crippen LogP) is 2.74. The molecule has 0 aliphatic rings. The molecule has 0 bridgehead atoms. The van der Waals surface area contributed by atoms with Crippen molar-refractivity contribution in [2.24, 2.45) is 5.41 Å². The lowest BCUT2D eigenvalue weighted by Crippen LogP contribution is -2.41. The van der Waals surface area contributed by atoms with Crippen molar-refractivity contribution < 1.29 is 8.42 Å². The van der Waals surface area contributed by atoms with Gasteiger partial charge < -0.3 is 5.73 Å². The van der Waals surface area contributed by atoms with Gasteiger partial charge in [0.25, 0.3) is 0 Å². The lowest BCUT2D eigenvalue weighted by molar-refractivity contribution is 0.317. The Labute approximate surface area is 117 Å². The van der Waals surface area contributed by atoms with E-state index in [1.54, 1.807) is 12.1 Å². The van der Waals surface area contributed by atoms with Crippen LogP contribution in [0.4, 0.5) is 5.69 Å². The number of benzene rings is 1. The van der Waals surface area contributed by atoms with Crippen LogP contribution in [-0.2, 0) is 10.0 Å². The van der Waals surface area contributed by atoms with Gasteiger partial charge in [0, 0.05) is 10.5 Å². The molecule has 0 fully saturated rings. The van der Waals surface area contributed by atoms with Crippen molar-refractivity contribution >= 4 is 31.6 Å². The first kappa shape index (κ1) is 15.5. The van der Waals surface area contributed by atoms with E-state index in [-0.39, 0.29) is 22.0 Å². The molecule has 0 saturated heterocycles. The van der Waals surface area contributed by atoms with E-state index in [0.29, 0.717) is 0 Å². The first-order valence-corrected chi connectivity index (χ1v) is 7.89. The number of nitrogens with two attached hydrogens (primary N) is 1.